The van der Waals surface area contributed by atoms with Crippen LogP contribution in [0, 0.1) is 6.92 Å². The second-order valence-electron chi connectivity index (χ2n) is 6.96. The number of amides is 2. The number of nitrogens with one attached hydrogen (secondary N) is 2. The highest BCUT2D eigenvalue weighted by molar-refractivity contribution is 7.89. The Labute approximate surface area is 172 Å². The van der Waals surface area contributed by atoms with Crippen molar-refractivity contribution in [1.29, 1.82) is 0 Å². The SMILES string of the molecule is Cc1c(-c2ccccc2)nn2c1NC(=O)C[C@@H]2C(=O)Nc1ccc(S(N)(=O)=O)cc1. The van der Waals surface area contributed by atoms with Crippen LogP contribution >= 0.6 is 0 Å². The molecule has 2 amide bonds. The maximum absolute atomic E-state index is 12.9. The van der Waals surface area contributed by atoms with Gasteiger partial charge in [0.2, 0.25) is 21.8 Å². The van der Waals surface area contributed by atoms with Crippen LogP contribution in [-0.4, -0.2) is 30.0 Å². The molecule has 0 aliphatic carbocycles. The van der Waals surface area contributed by atoms with Crippen LogP contribution in [0.3, 0.4) is 0 Å². The normalized spacial score (nSPS) is 15.9. The molecule has 1 atom stereocenters. The van der Waals surface area contributed by atoms with E-state index in [-0.39, 0.29) is 17.2 Å². The predicted octanol–water partition coefficient (Wildman–Crippen LogP) is 2.03. The summed E-state index contributed by atoms with van der Waals surface area (Å²) < 4.78 is 24.3. The quantitative estimate of drug-likeness (QED) is 0.587. The lowest BCUT2D eigenvalue weighted by Crippen LogP contribution is -2.35. The number of primary sulfonamides is 1. The predicted molar refractivity (Wildman–Crippen MR) is 111 cm³/mol. The van der Waals surface area contributed by atoms with Crippen molar-refractivity contribution in [2.75, 3.05) is 10.6 Å². The third-order valence-electron chi connectivity index (χ3n) is 4.88. The molecule has 0 spiro atoms. The van der Waals surface area contributed by atoms with Crippen LogP contribution in [0.2, 0.25) is 0 Å². The fourth-order valence-electron chi connectivity index (χ4n) is 3.37. The van der Waals surface area contributed by atoms with Crippen molar-refractivity contribution in [1.82, 2.24) is 9.78 Å². The van der Waals surface area contributed by atoms with Crippen molar-refractivity contribution in [2.24, 2.45) is 5.14 Å². The molecule has 0 unspecified atom stereocenters. The Bertz CT molecular complexity index is 1230. The van der Waals surface area contributed by atoms with Crippen molar-refractivity contribution in [3.63, 3.8) is 0 Å². The van der Waals surface area contributed by atoms with Crippen LogP contribution in [0.1, 0.15) is 18.0 Å². The first kappa shape index (κ1) is 19.8. The number of fused-ring (bicyclic) bond motifs is 1. The molecule has 1 aromatic heterocycles. The second-order valence-corrected chi connectivity index (χ2v) is 8.52. The van der Waals surface area contributed by atoms with Gasteiger partial charge in [0.25, 0.3) is 0 Å². The summed E-state index contributed by atoms with van der Waals surface area (Å²) in [5.74, 6) is -0.235. The molecule has 0 fully saturated rings. The molecule has 10 heteroatoms. The van der Waals surface area contributed by atoms with Gasteiger partial charge in [0, 0.05) is 16.8 Å². The molecule has 0 radical (unpaired) electrons. The topological polar surface area (TPSA) is 136 Å². The van der Waals surface area contributed by atoms with Gasteiger partial charge in [-0.1, -0.05) is 30.3 Å². The summed E-state index contributed by atoms with van der Waals surface area (Å²) in [5.41, 5.74) is 2.71. The van der Waals surface area contributed by atoms with Crippen molar-refractivity contribution in [3.05, 3.63) is 60.2 Å². The standard InChI is InChI=1S/C20H19N5O4S/c1-12-18(13-5-3-2-4-6-13)24-25-16(11-17(26)23-19(12)25)20(27)22-14-7-9-15(10-8-14)30(21,28)29/h2-10,16H,11H2,1H3,(H,22,27)(H,23,26)(H2,21,28,29)/t16-/m1/s1. The van der Waals surface area contributed by atoms with E-state index in [2.05, 4.69) is 15.7 Å². The Morgan fingerprint density at radius 3 is 2.47 bits per heavy atom. The van der Waals surface area contributed by atoms with Gasteiger partial charge >= 0.3 is 0 Å². The number of benzene rings is 2. The van der Waals surface area contributed by atoms with E-state index in [9.17, 15) is 18.0 Å². The van der Waals surface area contributed by atoms with E-state index in [1.54, 1.807) is 0 Å². The van der Waals surface area contributed by atoms with Crippen molar-refractivity contribution in [3.8, 4) is 11.3 Å². The molecule has 1 aliphatic heterocycles. The number of carbonyl (C=O) groups is 2. The Balaban J connectivity index is 1.64. The first-order valence-corrected chi connectivity index (χ1v) is 10.7. The summed E-state index contributed by atoms with van der Waals surface area (Å²) in [7, 11) is -3.82. The van der Waals surface area contributed by atoms with Gasteiger partial charge in [0.1, 0.15) is 11.9 Å². The minimum Gasteiger partial charge on any atom is -0.324 e. The van der Waals surface area contributed by atoms with Crippen LogP contribution in [0.5, 0.6) is 0 Å². The zero-order valence-electron chi connectivity index (χ0n) is 16.0. The lowest BCUT2D eigenvalue weighted by Gasteiger charge is -2.24. The highest BCUT2D eigenvalue weighted by Gasteiger charge is 2.34. The summed E-state index contributed by atoms with van der Waals surface area (Å²) >= 11 is 0. The molecule has 4 N–H and O–H groups in total. The highest BCUT2D eigenvalue weighted by atomic mass is 32.2. The molecule has 9 nitrogen and oxygen atoms in total. The molecular weight excluding hydrogens is 406 g/mol. The maximum atomic E-state index is 12.9. The lowest BCUT2D eigenvalue weighted by atomic mass is 10.1. The average molecular weight is 425 g/mol. The average Bonchev–Trinajstić information content (AvgIpc) is 3.04. The minimum atomic E-state index is -3.82. The minimum absolute atomic E-state index is 0.0602. The maximum Gasteiger partial charge on any atom is 0.249 e. The van der Waals surface area contributed by atoms with Gasteiger partial charge in [-0.2, -0.15) is 5.10 Å². The molecule has 0 saturated carbocycles. The number of aromatic nitrogens is 2. The summed E-state index contributed by atoms with van der Waals surface area (Å²) in [5, 5.41) is 15.2. The van der Waals surface area contributed by atoms with Gasteiger partial charge in [-0.05, 0) is 31.2 Å². The molecule has 154 valence electrons. The van der Waals surface area contributed by atoms with Gasteiger partial charge in [0.15, 0.2) is 0 Å². The van der Waals surface area contributed by atoms with Crippen LogP contribution in [0.4, 0.5) is 11.5 Å². The van der Waals surface area contributed by atoms with Crippen LogP contribution in [-0.2, 0) is 19.6 Å². The van der Waals surface area contributed by atoms with Crippen LogP contribution in [0.25, 0.3) is 11.3 Å². The number of hydrogen-bond acceptors (Lipinski definition) is 5. The monoisotopic (exact) mass is 425 g/mol. The summed E-state index contributed by atoms with van der Waals surface area (Å²) in [4.78, 5) is 25.1. The second kappa shape index (κ2) is 7.39. The Morgan fingerprint density at radius 1 is 1.17 bits per heavy atom. The Morgan fingerprint density at radius 2 is 1.83 bits per heavy atom. The molecule has 30 heavy (non-hydrogen) atoms. The Kier molecular flexibility index (Phi) is 4.88. The van der Waals surface area contributed by atoms with E-state index in [1.165, 1.54) is 28.9 Å². The fourth-order valence-corrected chi connectivity index (χ4v) is 3.88. The van der Waals surface area contributed by atoms with Crippen LogP contribution in [0.15, 0.2) is 59.5 Å². The van der Waals surface area contributed by atoms with Gasteiger partial charge < -0.3 is 10.6 Å². The number of rotatable bonds is 4. The van der Waals surface area contributed by atoms with Gasteiger partial charge in [-0.3, -0.25) is 9.59 Å². The number of carbonyl (C=O) groups excluding carboxylic acids is 2. The zero-order valence-corrected chi connectivity index (χ0v) is 16.8. The smallest absolute Gasteiger partial charge is 0.249 e. The van der Waals surface area contributed by atoms with Crippen LogP contribution < -0.4 is 15.8 Å². The van der Waals surface area contributed by atoms with E-state index in [1.807, 2.05) is 37.3 Å². The van der Waals surface area contributed by atoms with Gasteiger partial charge in [-0.25, -0.2) is 18.2 Å². The van der Waals surface area contributed by atoms with E-state index >= 15 is 0 Å². The molecule has 2 aromatic carbocycles. The number of hydrogen-bond donors (Lipinski definition) is 3. The first-order valence-electron chi connectivity index (χ1n) is 9.12. The summed E-state index contributed by atoms with van der Waals surface area (Å²) in [6.07, 6.45) is -0.0660. The number of nitrogens with zero attached hydrogens (tertiary/aromatic N) is 2. The van der Waals surface area contributed by atoms with E-state index < -0.39 is 22.0 Å². The highest BCUT2D eigenvalue weighted by Crippen LogP contribution is 2.34. The number of nitrogens with two attached hydrogens (primary N) is 1. The van der Waals surface area contributed by atoms with Crippen molar-refractivity contribution < 1.29 is 18.0 Å². The lowest BCUT2D eigenvalue weighted by molar-refractivity contribution is -0.125. The summed E-state index contributed by atoms with van der Waals surface area (Å²) in [6.45, 7) is 1.84. The van der Waals surface area contributed by atoms with Crippen molar-refractivity contribution in [2.45, 2.75) is 24.3 Å². The molecule has 0 saturated heterocycles. The molecular formula is C20H19N5O4S. The third kappa shape index (κ3) is 3.70. The van der Waals surface area contributed by atoms with Gasteiger partial charge in [0.05, 0.1) is 17.0 Å². The largest absolute Gasteiger partial charge is 0.324 e. The zero-order chi connectivity index (χ0) is 21.5. The summed E-state index contributed by atoms with van der Waals surface area (Å²) in [6, 6.07) is 14.1. The number of anilines is 2. The van der Waals surface area contributed by atoms with E-state index in [0.717, 1.165) is 11.1 Å². The molecule has 4 rings (SSSR count). The Hall–Kier alpha value is -3.50. The molecule has 1 aliphatic rings. The number of sulfonamides is 1. The first-order chi connectivity index (χ1) is 14.2. The molecule has 2 heterocycles. The van der Waals surface area contributed by atoms with Crippen molar-refractivity contribution >= 4 is 33.3 Å². The van der Waals surface area contributed by atoms with Gasteiger partial charge in [-0.15, -0.1) is 0 Å². The van der Waals surface area contributed by atoms with E-state index in [4.69, 9.17) is 5.14 Å². The van der Waals surface area contributed by atoms with E-state index in [0.29, 0.717) is 17.2 Å². The third-order valence-corrected chi connectivity index (χ3v) is 5.81. The fraction of sp³-hybridized carbons (Fsp3) is 0.150. The molecule has 0 bridgehead atoms. The molecule has 3 aromatic rings.